The summed E-state index contributed by atoms with van der Waals surface area (Å²) >= 11 is 0. The lowest BCUT2D eigenvalue weighted by Crippen LogP contribution is -2.25. The lowest BCUT2D eigenvalue weighted by atomic mass is 9.85. The fourth-order valence-corrected chi connectivity index (χ4v) is 2.90. The van der Waals surface area contributed by atoms with Gasteiger partial charge in [-0.05, 0) is 36.6 Å². The molecule has 4 nitrogen and oxygen atoms in total. The molecule has 21 heavy (non-hydrogen) atoms. The minimum atomic E-state index is -0.497. The van der Waals surface area contributed by atoms with Gasteiger partial charge >= 0.3 is 0 Å². The number of hydrogen-bond donors (Lipinski definition) is 3. The summed E-state index contributed by atoms with van der Waals surface area (Å²) in [5.74, 6) is -0.0740. The van der Waals surface area contributed by atoms with Gasteiger partial charge in [-0.2, -0.15) is 0 Å². The third-order valence-corrected chi connectivity index (χ3v) is 4.08. The zero-order valence-corrected chi connectivity index (χ0v) is 11.8. The van der Waals surface area contributed by atoms with Crippen molar-refractivity contribution in [3.05, 3.63) is 47.5 Å². The van der Waals surface area contributed by atoms with Gasteiger partial charge in [0.15, 0.2) is 17.2 Å². The predicted octanol–water partition coefficient (Wildman–Crippen LogP) is 3.51. The summed E-state index contributed by atoms with van der Waals surface area (Å²) in [4.78, 5) is 0. The maximum absolute atomic E-state index is 9.70. The van der Waals surface area contributed by atoms with Gasteiger partial charge in [-0.15, -0.1) is 0 Å². The van der Waals surface area contributed by atoms with E-state index < -0.39 is 5.75 Å². The van der Waals surface area contributed by atoms with Crippen molar-refractivity contribution >= 4 is 0 Å². The predicted molar refractivity (Wildman–Crippen MR) is 78.7 cm³/mol. The van der Waals surface area contributed by atoms with Gasteiger partial charge < -0.3 is 20.1 Å². The third kappa shape index (κ3) is 2.37. The van der Waals surface area contributed by atoms with E-state index in [9.17, 15) is 15.3 Å². The maximum Gasteiger partial charge on any atom is 0.200 e. The SMILES string of the molecule is CC[C@@H]1Cc2ccccc2O[C@@H]1c1cc(O)c(O)c(O)c1. The number of fused-ring (bicyclic) bond motifs is 1. The number of benzene rings is 2. The minimum Gasteiger partial charge on any atom is -0.504 e. The number of phenolic OH excluding ortho intramolecular Hbond substituents is 3. The summed E-state index contributed by atoms with van der Waals surface area (Å²) in [6.07, 6.45) is 1.56. The Hall–Kier alpha value is -2.36. The Morgan fingerprint density at radius 3 is 2.43 bits per heavy atom. The zero-order chi connectivity index (χ0) is 15.0. The molecule has 0 aliphatic carbocycles. The average molecular weight is 286 g/mol. The Balaban J connectivity index is 2.01. The number of phenols is 3. The second-order valence-electron chi connectivity index (χ2n) is 5.43. The van der Waals surface area contributed by atoms with E-state index in [0.29, 0.717) is 5.56 Å². The minimum absolute atomic E-state index is 0.248. The van der Waals surface area contributed by atoms with E-state index in [0.717, 1.165) is 18.6 Å². The molecule has 2 aromatic rings. The second kappa shape index (κ2) is 5.20. The molecule has 0 spiro atoms. The lowest BCUT2D eigenvalue weighted by molar-refractivity contribution is 0.110. The first-order chi connectivity index (χ1) is 10.1. The van der Waals surface area contributed by atoms with Crippen LogP contribution in [0.5, 0.6) is 23.0 Å². The van der Waals surface area contributed by atoms with E-state index in [1.807, 2.05) is 18.2 Å². The Morgan fingerprint density at radius 2 is 1.76 bits per heavy atom. The molecule has 0 saturated carbocycles. The van der Waals surface area contributed by atoms with Crippen molar-refractivity contribution < 1.29 is 20.1 Å². The summed E-state index contributed by atoms with van der Waals surface area (Å²) in [6, 6.07) is 10.8. The van der Waals surface area contributed by atoms with Crippen molar-refractivity contribution in [1.82, 2.24) is 0 Å². The molecule has 1 heterocycles. The molecule has 4 heteroatoms. The van der Waals surface area contributed by atoms with Gasteiger partial charge in [0.25, 0.3) is 0 Å². The molecule has 0 fully saturated rings. The van der Waals surface area contributed by atoms with E-state index in [1.165, 1.54) is 17.7 Å². The van der Waals surface area contributed by atoms with Crippen LogP contribution in [0.2, 0.25) is 0 Å². The van der Waals surface area contributed by atoms with Crippen LogP contribution in [0, 0.1) is 5.92 Å². The van der Waals surface area contributed by atoms with Gasteiger partial charge in [-0.1, -0.05) is 25.1 Å². The van der Waals surface area contributed by atoms with Crippen molar-refractivity contribution in [2.45, 2.75) is 25.9 Å². The summed E-state index contributed by atoms with van der Waals surface area (Å²) in [5.41, 5.74) is 1.84. The number of hydrogen-bond acceptors (Lipinski definition) is 4. The largest absolute Gasteiger partial charge is 0.504 e. The molecule has 1 aliphatic rings. The standard InChI is InChI=1S/C17H18O4/c1-2-10-7-11-5-3-4-6-15(11)21-17(10)12-8-13(18)16(20)14(19)9-12/h3-6,8-10,17-20H,2,7H2,1H3/t10-,17+/m1/s1. The number of rotatable bonds is 2. The van der Waals surface area contributed by atoms with Crippen LogP contribution in [0.4, 0.5) is 0 Å². The van der Waals surface area contributed by atoms with Crippen molar-refractivity contribution in [3.63, 3.8) is 0 Å². The summed E-state index contributed by atoms with van der Waals surface area (Å²) in [7, 11) is 0. The normalized spacial score (nSPS) is 20.6. The van der Waals surface area contributed by atoms with Crippen LogP contribution in [0.25, 0.3) is 0 Å². The Morgan fingerprint density at radius 1 is 1.10 bits per heavy atom. The molecular formula is C17H18O4. The zero-order valence-electron chi connectivity index (χ0n) is 11.8. The Kier molecular flexibility index (Phi) is 3.37. The van der Waals surface area contributed by atoms with E-state index in [2.05, 4.69) is 13.0 Å². The topological polar surface area (TPSA) is 69.9 Å². The highest BCUT2D eigenvalue weighted by atomic mass is 16.5. The third-order valence-electron chi connectivity index (χ3n) is 4.08. The quantitative estimate of drug-likeness (QED) is 0.739. The Labute approximate surface area is 123 Å². The van der Waals surface area contributed by atoms with Gasteiger partial charge in [-0.3, -0.25) is 0 Å². The first-order valence-corrected chi connectivity index (χ1v) is 7.09. The molecule has 110 valence electrons. The molecule has 1 aliphatic heterocycles. The van der Waals surface area contributed by atoms with Gasteiger partial charge in [-0.25, -0.2) is 0 Å². The highest BCUT2D eigenvalue weighted by Crippen LogP contribution is 2.44. The lowest BCUT2D eigenvalue weighted by Gasteiger charge is -2.33. The van der Waals surface area contributed by atoms with E-state index in [4.69, 9.17) is 4.74 Å². The summed E-state index contributed by atoms with van der Waals surface area (Å²) in [5, 5.41) is 28.9. The van der Waals surface area contributed by atoms with Crippen LogP contribution >= 0.6 is 0 Å². The maximum atomic E-state index is 9.70. The molecule has 0 amide bonds. The molecule has 2 atom stereocenters. The van der Waals surface area contributed by atoms with Crippen molar-refractivity contribution in [3.8, 4) is 23.0 Å². The van der Waals surface area contributed by atoms with Crippen LogP contribution < -0.4 is 4.74 Å². The molecule has 0 aromatic heterocycles. The molecule has 3 N–H and O–H groups in total. The molecule has 0 bridgehead atoms. The molecule has 0 saturated heterocycles. The number of ether oxygens (including phenoxy) is 1. The molecular weight excluding hydrogens is 268 g/mol. The second-order valence-corrected chi connectivity index (χ2v) is 5.43. The van der Waals surface area contributed by atoms with Gasteiger partial charge in [0.1, 0.15) is 11.9 Å². The van der Waals surface area contributed by atoms with E-state index in [1.54, 1.807) is 0 Å². The molecule has 3 rings (SSSR count). The van der Waals surface area contributed by atoms with Gasteiger partial charge in [0.2, 0.25) is 0 Å². The van der Waals surface area contributed by atoms with Crippen LogP contribution in [0.1, 0.15) is 30.6 Å². The van der Waals surface area contributed by atoms with E-state index in [-0.39, 0.29) is 23.5 Å². The fraction of sp³-hybridized carbons (Fsp3) is 0.294. The van der Waals surface area contributed by atoms with Gasteiger partial charge in [0.05, 0.1) is 0 Å². The highest BCUT2D eigenvalue weighted by molar-refractivity contribution is 5.52. The Bertz CT molecular complexity index is 643. The molecule has 0 unspecified atom stereocenters. The highest BCUT2D eigenvalue weighted by Gasteiger charge is 2.31. The number of para-hydroxylation sites is 1. The van der Waals surface area contributed by atoms with Gasteiger partial charge in [0, 0.05) is 11.5 Å². The monoisotopic (exact) mass is 286 g/mol. The van der Waals surface area contributed by atoms with Crippen LogP contribution in [-0.4, -0.2) is 15.3 Å². The van der Waals surface area contributed by atoms with Crippen LogP contribution in [0.15, 0.2) is 36.4 Å². The summed E-state index contributed by atoms with van der Waals surface area (Å²) in [6.45, 7) is 2.09. The average Bonchev–Trinajstić information content (AvgIpc) is 2.50. The van der Waals surface area contributed by atoms with Crippen molar-refractivity contribution in [2.75, 3.05) is 0 Å². The van der Waals surface area contributed by atoms with Crippen LogP contribution in [0.3, 0.4) is 0 Å². The van der Waals surface area contributed by atoms with E-state index >= 15 is 0 Å². The molecule has 0 radical (unpaired) electrons. The van der Waals surface area contributed by atoms with Crippen molar-refractivity contribution in [2.24, 2.45) is 5.92 Å². The molecule has 2 aromatic carbocycles. The fourth-order valence-electron chi connectivity index (χ4n) is 2.90. The van der Waals surface area contributed by atoms with Crippen molar-refractivity contribution in [1.29, 1.82) is 0 Å². The van der Waals surface area contributed by atoms with Crippen LogP contribution in [-0.2, 0) is 6.42 Å². The smallest absolute Gasteiger partial charge is 0.200 e. The first-order valence-electron chi connectivity index (χ1n) is 7.09. The summed E-state index contributed by atoms with van der Waals surface area (Å²) < 4.78 is 6.07. The number of aromatic hydroxyl groups is 3. The first kappa shape index (κ1) is 13.6.